The van der Waals surface area contributed by atoms with Crippen LogP contribution in [0.25, 0.3) is 10.9 Å². The van der Waals surface area contributed by atoms with Crippen LogP contribution in [0.5, 0.6) is 0 Å². The first-order valence-electron chi connectivity index (χ1n) is 7.27. The van der Waals surface area contributed by atoms with Crippen molar-refractivity contribution in [1.29, 1.82) is 0 Å². The third kappa shape index (κ3) is 2.44. The number of nitrogen functional groups attached to an aromatic ring is 1. The number of fused-ring (bicyclic) bond motifs is 1. The molecule has 0 unspecified atom stereocenters. The number of pyridine rings is 1. The van der Waals surface area contributed by atoms with Crippen LogP contribution in [0.2, 0.25) is 0 Å². The van der Waals surface area contributed by atoms with Gasteiger partial charge in [0, 0.05) is 22.7 Å². The Balaban J connectivity index is 1.77. The van der Waals surface area contributed by atoms with Crippen molar-refractivity contribution >= 4 is 33.8 Å². The van der Waals surface area contributed by atoms with Gasteiger partial charge in [-0.1, -0.05) is 0 Å². The Morgan fingerprint density at radius 3 is 2.91 bits per heavy atom. The van der Waals surface area contributed by atoms with Crippen LogP contribution >= 0.6 is 0 Å². The van der Waals surface area contributed by atoms with Gasteiger partial charge in [-0.25, -0.2) is 4.98 Å². The molecular weight excluding hydrogens is 296 g/mol. The van der Waals surface area contributed by atoms with Crippen molar-refractivity contribution in [2.75, 3.05) is 11.1 Å². The number of hydrogen-bond donors (Lipinski definition) is 3. The fourth-order valence-corrected chi connectivity index (χ4v) is 2.60. The minimum atomic E-state index is -0.502. The van der Waals surface area contributed by atoms with Gasteiger partial charge in [0.05, 0.1) is 16.6 Å². The van der Waals surface area contributed by atoms with E-state index in [2.05, 4.69) is 20.5 Å². The summed E-state index contributed by atoms with van der Waals surface area (Å²) in [6, 6.07) is 7.13. The lowest BCUT2D eigenvalue weighted by Gasteiger charge is -2.10. The summed E-state index contributed by atoms with van der Waals surface area (Å²) in [5, 5.41) is 22.1. The second kappa shape index (κ2) is 4.94. The predicted octanol–water partition coefficient (Wildman–Crippen LogP) is 3.07. The van der Waals surface area contributed by atoms with Crippen LogP contribution in [0.3, 0.4) is 0 Å². The molecule has 0 saturated heterocycles. The van der Waals surface area contributed by atoms with Gasteiger partial charge < -0.3 is 11.1 Å². The number of anilines is 3. The zero-order valence-corrected chi connectivity index (χ0v) is 12.1. The highest BCUT2D eigenvalue weighted by Gasteiger charge is 2.29. The van der Waals surface area contributed by atoms with E-state index in [0.717, 1.165) is 29.4 Å². The number of rotatable bonds is 4. The summed E-state index contributed by atoms with van der Waals surface area (Å²) in [6.07, 6.45) is 3.78. The maximum atomic E-state index is 11.3. The average molecular weight is 310 g/mol. The van der Waals surface area contributed by atoms with Gasteiger partial charge in [-0.3, -0.25) is 15.2 Å². The molecule has 0 atom stereocenters. The molecular formula is C15H14N6O2. The van der Waals surface area contributed by atoms with Crippen LogP contribution in [-0.2, 0) is 0 Å². The Morgan fingerprint density at radius 1 is 1.35 bits per heavy atom. The highest BCUT2D eigenvalue weighted by molar-refractivity contribution is 5.84. The molecule has 0 radical (unpaired) electrons. The number of aromatic nitrogens is 3. The summed E-state index contributed by atoms with van der Waals surface area (Å²) in [5.41, 5.74) is 8.22. The zero-order chi connectivity index (χ0) is 16.0. The molecule has 1 saturated carbocycles. The molecule has 1 fully saturated rings. The largest absolute Gasteiger partial charge is 0.393 e. The molecule has 0 amide bonds. The van der Waals surface area contributed by atoms with Crippen LogP contribution in [0.1, 0.15) is 24.5 Å². The minimum Gasteiger partial charge on any atom is -0.393 e. The summed E-state index contributed by atoms with van der Waals surface area (Å²) < 4.78 is 0. The second-order valence-corrected chi connectivity index (χ2v) is 5.66. The number of hydrogen-bond acceptors (Lipinski definition) is 6. The Hall–Kier alpha value is -3.16. The molecule has 4 rings (SSSR count). The van der Waals surface area contributed by atoms with Crippen LogP contribution < -0.4 is 11.1 Å². The van der Waals surface area contributed by atoms with Crippen molar-refractivity contribution in [3.05, 3.63) is 46.3 Å². The fourth-order valence-electron chi connectivity index (χ4n) is 2.60. The lowest BCUT2D eigenvalue weighted by atomic mass is 10.2. The van der Waals surface area contributed by atoms with Gasteiger partial charge in [-0.2, -0.15) is 5.10 Å². The van der Waals surface area contributed by atoms with Crippen molar-refractivity contribution < 1.29 is 4.92 Å². The number of benzene rings is 1. The number of nitrogens with one attached hydrogen (secondary N) is 2. The van der Waals surface area contributed by atoms with Crippen LogP contribution in [-0.4, -0.2) is 20.1 Å². The minimum absolute atomic E-state index is 0.138. The molecule has 1 aromatic carbocycles. The fraction of sp³-hybridized carbons (Fsp3) is 0.200. The quantitative estimate of drug-likeness (QED) is 0.502. The molecule has 4 N–H and O–H groups in total. The van der Waals surface area contributed by atoms with Gasteiger partial charge in [0.25, 0.3) is 0 Å². The molecule has 116 valence electrons. The van der Waals surface area contributed by atoms with Gasteiger partial charge in [0.1, 0.15) is 5.69 Å². The van der Waals surface area contributed by atoms with Crippen molar-refractivity contribution in [2.24, 2.45) is 0 Å². The van der Waals surface area contributed by atoms with Crippen molar-refractivity contribution in [3.63, 3.8) is 0 Å². The monoisotopic (exact) mass is 310 g/mol. The Morgan fingerprint density at radius 2 is 2.17 bits per heavy atom. The predicted molar refractivity (Wildman–Crippen MR) is 86.7 cm³/mol. The molecule has 3 aromatic rings. The maximum Gasteiger partial charge on any atom is 0.334 e. The zero-order valence-electron chi connectivity index (χ0n) is 12.1. The number of aromatic amines is 1. The van der Waals surface area contributed by atoms with E-state index < -0.39 is 4.92 Å². The molecule has 1 aliphatic carbocycles. The highest BCUT2D eigenvalue weighted by Crippen LogP contribution is 2.43. The Kier molecular flexibility index (Phi) is 2.90. The van der Waals surface area contributed by atoms with Crippen molar-refractivity contribution in [2.45, 2.75) is 18.8 Å². The van der Waals surface area contributed by atoms with E-state index in [9.17, 15) is 10.1 Å². The van der Waals surface area contributed by atoms with Crippen molar-refractivity contribution in [3.8, 4) is 0 Å². The Bertz CT molecular complexity index is 915. The SMILES string of the molecule is Nc1cc(C2CC2)nc(Nc2ccc3[nH]ncc3c2)c1[N+](=O)[O-]. The van der Waals surface area contributed by atoms with E-state index >= 15 is 0 Å². The summed E-state index contributed by atoms with van der Waals surface area (Å²) in [4.78, 5) is 15.3. The number of H-pyrrole nitrogens is 1. The highest BCUT2D eigenvalue weighted by atomic mass is 16.6. The molecule has 1 aliphatic rings. The van der Waals surface area contributed by atoms with Gasteiger partial charge in [0.2, 0.25) is 5.82 Å². The number of nitrogens with zero attached hydrogens (tertiary/aromatic N) is 3. The normalized spacial score (nSPS) is 14.1. The van der Waals surface area contributed by atoms with Gasteiger partial charge in [-0.05, 0) is 37.1 Å². The lowest BCUT2D eigenvalue weighted by molar-refractivity contribution is -0.383. The summed E-state index contributed by atoms with van der Waals surface area (Å²) in [5.74, 6) is 0.537. The van der Waals surface area contributed by atoms with E-state index in [1.165, 1.54) is 0 Å². The molecule has 0 spiro atoms. The summed E-state index contributed by atoms with van der Waals surface area (Å²) in [6.45, 7) is 0. The number of nitrogens with two attached hydrogens (primary N) is 1. The third-order valence-electron chi connectivity index (χ3n) is 3.92. The lowest BCUT2D eigenvalue weighted by Crippen LogP contribution is -2.05. The first-order valence-corrected chi connectivity index (χ1v) is 7.27. The maximum absolute atomic E-state index is 11.3. The van der Waals surface area contributed by atoms with Crippen LogP contribution in [0.4, 0.5) is 22.9 Å². The molecule has 0 bridgehead atoms. The first kappa shape index (κ1) is 13.5. The molecule has 2 aromatic heterocycles. The smallest absolute Gasteiger partial charge is 0.334 e. The molecule has 8 nitrogen and oxygen atoms in total. The van der Waals surface area contributed by atoms with E-state index in [-0.39, 0.29) is 17.2 Å². The van der Waals surface area contributed by atoms with E-state index in [4.69, 9.17) is 5.73 Å². The molecule has 8 heteroatoms. The van der Waals surface area contributed by atoms with Crippen molar-refractivity contribution in [1.82, 2.24) is 15.2 Å². The van der Waals surface area contributed by atoms with E-state index in [0.29, 0.717) is 11.6 Å². The standard InChI is InChI=1S/C15H14N6O2/c16-11-6-13(8-1-2-8)19-15(14(11)21(22)23)18-10-3-4-12-9(5-10)7-17-20-12/h3-8H,1-2H2,(H,17,20)(H3,16,18,19). The molecule has 23 heavy (non-hydrogen) atoms. The molecule has 2 heterocycles. The second-order valence-electron chi connectivity index (χ2n) is 5.66. The number of nitro groups is 1. The summed E-state index contributed by atoms with van der Waals surface area (Å²) >= 11 is 0. The van der Waals surface area contributed by atoms with Gasteiger partial charge in [-0.15, -0.1) is 0 Å². The average Bonchev–Trinajstić information content (AvgIpc) is 3.25. The van der Waals surface area contributed by atoms with E-state index in [1.54, 1.807) is 12.3 Å². The third-order valence-corrected chi connectivity index (χ3v) is 3.92. The topological polar surface area (TPSA) is 123 Å². The van der Waals surface area contributed by atoms with Crippen LogP contribution in [0.15, 0.2) is 30.5 Å². The van der Waals surface area contributed by atoms with Gasteiger partial charge >= 0.3 is 5.69 Å². The van der Waals surface area contributed by atoms with Gasteiger partial charge in [0.15, 0.2) is 0 Å². The first-order chi connectivity index (χ1) is 11.1. The van der Waals surface area contributed by atoms with E-state index in [1.807, 2.05) is 18.2 Å². The Labute approximate surface area is 130 Å². The summed E-state index contributed by atoms with van der Waals surface area (Å²) in [7, 11) is 0. The molecule has 0 aliphatic heterocycles. The van der Waals surface area contributed by atoms with Crippen LogP contribution in [0, 0.1) is 10.1 Å².